The number of aryl methyl sites for hydroxylation is 2. The van der Waals surface area contributed by atoms with E-state index in [1.54, 1.807) is 0 Å². The molecule has 0 amide bonds. The molecule has 1 aliphatic rings. The Morgan fingerprint density at radius 2 is 1.96 bits per heavy atom. The van der Waals surface area contributed by atoms with Gasteiger partial charge in [-0.3, -0.25) is 0 Å². The van der Waals surface area contributed by atoms with Gasteiger partial charge in [0.2, 0.25) is 5.89 Å². The third kappa shape index (κ3) is 4.29. The monoisotopic (exact) mass is 418 g/mol. The van der Waals surface area contributed by atoms with Gasteiger partial charge in [0.05, 0.1) is 5.69 Å². The second kappa shape index (κ2) is 8.25. The lowest BCUT2D eigenvalue weighted by Crippen LogP contribution is -2.48. The molecule has 6 heteroatoms. The third-order valence-corrected chi connectivity index (χ3v) is 5.68. The largest absolute Gasteiger partial charge is 0.444 e. The van der Waals surface area contributed by atoms with Crippen molar-refractivity contribution >= 4 is 21.9 Å². The fourth-order valence-electron chi connectivity index (χ4n) is 3.32. The molecule has 1 aromatic heterocycles. The van der Waals surface area contributed by atoms with E-state index < -0.39 is 0 Å². The summed E-state index contributed by atoms with van der Waals surface area (Å²) in [6.07, 6.45) is 3.69. The molecule has 2 aromatic rings. The van der Waals surface area contributed by atoms with Crippen LogP contribution in [0.15, 0.2) is 38.1 Å². The summed E-state index contributed by atoms with van der Waals surface area (Å²) in [5.74, 6) is 2.32. The molecule has 1 heterocycles. The van der Waals surface area contributed by atoms with Gasteiger partial charge in [-0.15, -0.1) is 0 Å². The van der Waals surface area contributed by atoms with Crippen molar-refractivity contribution in [3.8, 4) is 0 Å². The Hall–Kier alpha value is -1.82. The Balaban J connectivity index is 1.67. The second-order valence-electron chi connectivity index (χ2n) is 6.94. The molecule has 1 aliphatic carbocycles. The Bertz CT molecular complexity index is 743. The van der Waals surface area contributed by atoms with Crippen LogP contribution < -0.4 is 10.6 Å². The van der Waals surface area contributed by atoms with E-state index in [4.69, 9.17) is 4.42 Å². The van der Waals surface area contributed by atoms with Gasteiger partial charge in [-0.05, 0) is 51.3 Å². The maximum atomic E-state index is 5.62. The van der Waals surface area contributed by atoms with Gasteiger partial charge in [-0.2, -0.15) is 0 Å². The molecule has 0 radical (unpaired) electrons. The van der Waals surface area contributed by atoms with E-state index in [0.29, 0.717) is 12.4 Å². The molecule has 3 rings (SSSR count). The van der Waals surface area contributed by atoms with Gasteiger partial charge in [0.1, 0.15) is 12.3 Å². The highest BCUT2D eigenvalue weighted by molar-refractivity contribution is 9.10. The maximum absolute atomic E-state index is 5.62. The first-order chi connectivity index (χ1) is 12.5. The van der Waals surface area contributed by atoms with E-state index in [9.17, 15) is 0 Å². The zero-order valence-corrected chi connectivity index (χ0v) is 17.3. The normalized spacial score (nSPS) is 16.2. The first-order valence-electron chi connectivity index (χ1n) is 9.23. The predicted octanol–water partition coefficient (Wildman–Crippen LogP) is 4.23. The standard InChI is InChI=1S/C20H27BrN4O/c1-4-22-19(23-12-18-25-14(2)15(3)26-18)24-13-20(10-5-11-20)16-6-8-17(21)9-7-16/h6-9H,4-5,10-13H2,1-3H3,(H2,22,23,24). The molecule has 0 atom stereocenters. The van der Waals surface area contributed by atoms with Crippen LogP contribution in [-0.2, 0) is 12.0 Å². The van der Waals surface area contributed by atoms with Crippen molar-refractivity contribution in [3.05, 3.63) is 51.6 Å². The molecule has 2 N–H and O–H groups in total. The number of aromatic nitrogens is 1. The van der Waals surface area contributed by atoms with Crippen LogP contribution >= 0.6 is 15.9 Å². The lowest BCUT2D eigenvalue weighted by Gasteiger charge is -2.43. The third-order valence-electron chi connectivity index (χ3n) is 5.15. The molecule has 140 valence electrons. The molecule has 26 heavy (non-hydrogen) atoms. The molecular weight excluding hydrogens is 392 g/mol. The van der Waals surface area contributed by atoms with Gasteiger partial charge in [0.15, 0.2) is 5.96 Å². The number of halogens is 1. The molecule has 0 aliphatic heterocycles. The minimum atomic E-state index is 0.201. The number of nitrogens with one attached hydrogen (secondary N) is 2. The van der Waals surface area contributed by atoms with Gasteiger partial charge >= 0.3 is 0 Å². The molecule has 5 nitrogen and oxygen atoms in total. The molecular formula is C20H27BrN4O. The van der Waals surface area contributed by atoms with Crippen LogP contribution in [0.3, 0.4) is 0 Å². The van der Waals surface area contributed by atoms with Crippen molar-refractivity contribution < 1.29 is 4.42 Å². The molecule has 0 unspecified atom stereocenters. The zero-order valence-electron chi connectivity index (χ0n) is 15.7. The highest BCUT2D eigenvalue weighted by atomic mass is 79.9. The van der Waals surface area contributed by atoms with Crippen molar-refractivity contribution in [2.75, 3.05) is 13.1 Å². The molecule has 1 saturated carbocycles. The minimum Gasteiger partial charge on any atom is -0.444 e. The fraction of sp³-hybridized carbons (Fsp3) is 0.500. The van der Waals surface area contributed by atoms with Crippen molar-refractivity contribution in [3.63, 3.8) is 0 Å². The number of aliphatic imine (C=N–C) groups is 1. The number of rotatable bonds is 6. The molecule has 0 bridgehead atoms. The summed E-state index contributed by atoms with van der Waals surface area (Å²) in [4.78, 5) is 9.04. The average molecular weight is 419 g/mol. The van der Waals surface area contributed by atoms with E-state index in [1.165, 1.54) is 24.8 Å². The van der Waals surface area contributed by atoms with Crippen LogP contribution in [-0.4, -0.2) is 24.0 Å². The minimum absolute atomic E-state index is 0.201. The van der Waals surface area contributed by atoms with Gasteiger partial charge in [-0.25, -0.2) is 9.98 Å². The Labute approximate surface area is 163 Å². The molecule has 0 spiro atoms. The van der Waals surface area contributed by atoms with Gasteiger partial charge in [0.25, 0.3) is 0 Å². The number of nitrogens with zero attached hydrogens (tertiary/aromatic N) is 2. The smallest absolute Gasteiger partial charge is 0.216 e. The number of hydrogen-bond acceptors (Lipinski definition) is 3. The first-order valence-corrected chi connectivity index (χ1v) is 10.0. The summed E-state index contributed by atoms with van der Waals surface area (Å²) in [5.41, 5.74) is 2.53. The van der Waals surface area contributed by atoms with Crippen LogP contribution in [0.1, 0.15) is 49.1 Å². The topological polar surface area (TPSA) is 62.5 Å². The van der Waals surface area contributed by atoms with Crippen molar-refractivity contribution in [2.24, 2.45) is 4.99 Å². The van der Waals surface area contributed by atoms with Crippen LogP contribution in [0, 0.1) is 13.8 Å². The fourth-order valence-corrected chi connectivity index (χ4v) is 3.59. The summed E-state index contributed by atoms with van der Waals surface area (Å²) in [5, 5.41) is 6.84. The van der Waals surface area contributed by atoms with Gasteiger partial charge in [0, 0.05) is 23.0 Å². The Morgan fingerprint density at radius 1 is 1.23 bits per heavy atom. The van der Waals surface area contributed by atoms with Crippen LogP contribution in [0.25, 0.3) is 0 Å². The zero-order chi connectivity index (χ0) is 18.6. The van der Waals surface area contributed by atoms with Crippen molar-refractivity contribution in [2.45, 2.75) is 52.0 Å². The SMILES string of the molecule is CCNC(=NCc1nc(C)c(C)o1)NCC1(c2ccc(Br)cc2)CCC1. The lowest BCUT2D eigenvalue weighted by atomic mass is 9.64. The first kappa shape index (κ1) is 19.0. The van der Waals surface area contributed by atoms with Gasteiger partial charge < -0.3 is 15.1 Å². The highest BCUT2D eigenvalue weighted by Gasteiger charge is 2.38. The maximum Gasteiger partial charge on any atom is 0.216 e. The second-order valence-corrected chi connectivity index (χ2v) is 7.85. The summed E-state index contributed by atoms with van der Waals surface area (Å²) >= 11 is 3.52. The van der Waals surface area contributed by atoms with E-state index in [1.807, 2.05) is 13.8 Å². The molecule has 0 saturated heterocycles. The summed E-state index contributed by atoms with van der Waals surface area (Å²) in [7, 11) is 0. The summed E-state index contributed by atoms with van der Waals surface area (Å²) in [6, 6.07) is 8.71. The van der Waals surface area contributed by atoms with Crippen LogP contribution in [0.2, 0.25) is 0 Å². The van der Waals surface area contributed by atoms with Crippen LogP contribution in [0.5, 0.6) is 0 Å². The Morgan fingerprint density at radius 3 is 2.50 bits per heavy atom. The lowest BCUT2D eigenvalue weighted by molar-refractivity contribution is 0.244. The number of guanidine groups is 1. The number of hydrogen-bond donors (Lipinski definition) is 2. The van der Waals surface area contributed by atoms with Crippen molar-refractivity contribution in [1.29, 1.82) is 0 Å². The quantitative estimate of drug-likeness (QED) is 0.544. The predicted molar refractivity (Wildman–Crippen MR) is 108 cm³/mol. The van der Waals surface area contributed by atoms with E-state index in [2.05, 4.69) is 67.7 Å². The highest BCUT2D eigenvalue weighted by Crippen LogP contribution is 2.43. The van der Waals surface area contributed by atoms with Crippen LogP contribution in [0.4, 0.5) is 0 Å². The van der Waals surface area contributed by atoms with E-state index in [-0.39, 0.29) is 5.41 Å². The summed E-state index contributed by atoms with van der Waals surface area (Å²) < 4.78 is 6.74. The van der Waals surface area contributed by atoms with Crippen molar-refractivity contribution in [1.82, 2.24) is 15.6 Å². The Kier molecular flexibility index (Phi) is 6.01. The molecule has 1 aromatic carbocycles. The summed E-state index contributed by atoms with van der Waals surface area (Å²) in [6.45, 7) is 8.09. The van der Waals surface area contributed by atoms with E-state index >= 15 is 0 Å². The number of benzene rings is 1. The van der Waals surface area contributed by atoms with Gasteiger partial charge in [-0.1, -0.05) is 34.5 Å². The number of oxazole rings is 1. The average Bonchev–Trinajstić information content (AvgIpc) is 2.91. The van der Waals surface area contributed by atoms with E-state index in [0.717, 1.165) is 35.0 Å². The molecule has 1 fully saturated rings.